The lowest BCUT2D eigenvalue weighted by Gasteiger charge is -2.26. The molecule has 1 aliphatic heterocycles. The van der Waals surface area contributed by atoms with E-state index in [1.807, 2.05) is 26.8 Å². The lowest BCUT2D eigenvalue weighted by atomic mass is 9.98. The summed E-state index contributed by atoms with van der Waals surface area (Å²) in [5.41, 5.74) is 2.22. The predicted octanol–water partition coefficient (Wildman–Crippen LogP) is 2.32. The SMILES string of the molecule is COc1ccc2ncc(=O)n(-c3cnc4c(c3)COCC4CNC(=O)OC(C)(C)C)c2n1. The third-order valence-electron chi connectivity index (χ3n) is 4.88. The first-order chi connectivity index (χ1) is 15.2. The molecule has 0 spiro atoms. The standard InChI is InChI=1S/C22H25N5O5/c1-22(2,3)32-21(29)25-8-14-12-31-11-13-7-15(9-24-19(13)14)27-18(28)10-23-16-5-6-17(30-4)26-20(16)27/h5-7,9-10,14H,8,11-12H2,1-4H3,(H,25,29). The fourth-order valence-corrected chi connectivity index (χ4v) is 3.52. The third-order valence-corrected chi connectivity index (χ3v) is 4.88. The number of hydrogen-bond donors (Lipinski definition) is 1. The quantitative estimate of drug-likeness (QED) is 0.658. The molecule has 10 heteroatoms. The molecule has 1 aliphatic rings. The maximum Gasteiger partial charge on any atom is 0.407 e. The maximum absolute atomic E-state index is 12.7. The molecule has 4 rings (SSSR count). The first-order valence-electron chi connectivity index (χ1n) is 10.2. The van der Waals surface area contributed by atoms with Gasteiger partial charge in [-0.25, -0.2) is 9.78 Å². The summed E-state index contributed by atoms with van der Waals surface area (Å²) in [6, 6.07) is 5.28. The molecule has 0 aliphatic carbocycles. The van der Waals surface area contributed by atoms with Gasteiger partial charge in [0.2, 0.25) is 5.88 Å². The number of alkyl carbamates (subject to hydrolysis) is 1. The first-order valence-corrected chi connectivity index (χ1v) is 10.2. The highest BCUT2D eigenvalue weighted by Gasteiger charge is 2.25. The van der Waals surface area contributed by atoms with Crippen molar-refractivity contribution in [2.75, 3.05) is 20.3 Å². The van der Waals surface area contributed by atoms with Crippen LogP contribution in [0, 0.1) is 0 Å². The van der Waals surface area contributed by atoms with E-state index in [0.29, 0.717) is 42.5 Å². The number of carbonyl (C=O) groups excluding carboxylic acids is 1. The van der Waals surface area contributed by atoms with Gasteiger partial charge in [-0.05, 0) is 32.9 Å². The summed E-state index contributed by atoms with van der Waals surface area (Å²) in [4.78, 5) is 37.8. The van der Waals surface area contributed by atoms with E-state index in [2.05, 4.69) is 20.3 Å². The molecular weight excluding hydrogens is 414 g/mol. The Morgan fingerprint density at radius 1 is 1.28 bits per heavy atom. The van der Waals surface area contributed by atoms with Crippen molar-refractivity contribution in [1.29, 1.82) is 0 Å². The van der Waals surface area contributed by atoms with Crippen molar-refractivity contribution in [2.24, 2.45) is 0 Å². The fraction of sp³-hybridized carbons (Fsp3) is 0.409. The monoisotopic (exact) mass is 439 g/mol. The van der Waals surface area contributed by atoms with Crippen molar-refractivity contribution in [3.63, 3.8) is 0 Å². The van der Waals surface area contributed by atoms with Gasteiger partial charge in [0.05, 0.1) is 44.1 Å². The van der Waals surface area contributed by atoms with E-state index in [9.17, 15) is 9.59 Å². The third kappa shape index (κ3) is 4.54. The Bertz CT molecular complexity index is 1220. The number of ether oxygens (including phenoxy) is 3. The topological polar surface area (TPSA) is 117 Å². The van der Waals surface area contributed by atoms with Crippen molar-refractivity contribution in [3.05, 3.63) is 52.2 Å². The van der Waals surface area contributed by atoms with E-state index in [0.717, 1.165) is 11.3 Å². The van der Waals surface area contributed by atoms with Gasteiger partial charge in [-0.1, -0.05) is 0 Å². The van der Waals surface area contributed by atoms with Crippen molar-refractivity contribution in [2.45, 2.75) is 38.9 Å². The normalized spacial score (nSPS) is 15.8. The number of fused-ring (bicyclic) bond motifs is 2. The van der Waals surface area contributed by atoms with Crippen LogP contribution in [0.1, 0.15) is 37.9 Å². The Morgan fingerprint density at radius 2 is 2.09 bits per heavy atom. The molecule has 32 heavy (non-hydrogen) atoms. The van der Waals surface area contributed by atoms with Gasteiger partial charge >= 0.3 is 6.09 Å². The lowest BCUT2D eigenvalue weighted by Crippen LogP contribution is -2.37. The van der Waals surface area contributed by atoms with E-state index in [1.165, 1.54) is 17.9 Å². The van der Waals surface area contributed by atoms with Crippen LogP contribution in [0.2, 0.25) is 0 Å². The largest absolute Gasteiger partial charge is 0.481 e. The van der Waals surface area contributed by atoms with Crippen LogP contribution in [0.3, 0.4) is 0 Å². The summed E-state index contributed by atoms with van der Waals surface area (Å²) in [5, 5.41) is 2.77. The van der Waals surface area contributed by atoms with Gasteiger partial charge in [-0.3, -0.25) is 14.3 Å². The van der Waals surface area contributed by atoms with Gasteiger partial charge < -0.3 is 19.5 Å². The molecule has 1 N–H and O–H groups in total. The van der Waals surface area contributed by atoms with Gasteiger partial charge in [0, 0.05) is 24.1 Å². The van der Waals surface area contributed by atoms with Crippen molar-refractivity contribution >= 4 is 17.3 Å². The van der Waals surface area contributed by atoms with Gasteiger partial charge in [-0.15, -0.1) is 0 Å². The van der Waals surface area contributed by atoms with Crippen LogP contribution in [0.5, 0.6) is 5.88 Å². The van der Waals surface area contributed by atoms with Crippen LogP contribution >= 0.6 is 0 Å². The highest BCUT2D eigenvalue weighted by molar-refractivity contribution is 5.72. The molecule has 0 saturated heterocycles. The molecule has 1 atom stereocenters. The second kappa shape index (κ2) is 8.54. The number of hydrogen-bond acceptors (Lipinski definition) is 8. The Kier molecular flexibility index (Phi) is 5.79. The van der Waals surface area contributed by atoms with Gasteiger partial charge in [0.25, 0.3) is 5.56 Å². The highest BCUT2D eigenvalue weighted by atomic mass is 16.6. The number of rotatable bonds is 4. The minimum atomic E-state index is -0.574. The van der Waals surface area contributed by atoms with Crippen molar-refractivity contribution in [3.8, 4) is 11.6 Å². The Hall–Kier alpha value is -3.53. The summed E-state index contributed by atoms with van der Waals surface area (Å²) in [5.74, 6) is 0.241. The van der Waals surface area contributed by atoms with Crippen molar-refractivity contribution in [1.82, 2.24) is 24.8 Å². The van der Waals surface area contributed by atoms with E-state index >= 15 is 0 Å². The smallest absolute Gasteiger partial charge is 0.407 e. The van der Waals surface area contributed by atoms with Crippen LogP contribution in [-0.4, -0.2) is 51.5 Å². The molecule has 4 heterocycles. The summed E-state index contributed by atoms with van der Waals surface area (Å²) < 4.78 is 17.7. The molecule has 168 valence electrons. The molecule has 1 amide bonds. The summed E-state index contributed by atoms with van der Waals surface area (Å²) >= 11 is 0. The second-order valence-electron chi connectivity index (χ2n) is 8.46. The number of methoxy groups -OCH3 is 1. The van der Waals surface area contributed by atoms with Crippen LogP contribution in [0.4, 0.5) is 4.79 Å². The molecule has 0 saturated carbocycles. The molecule has 0 fully saturated rings. The second-order valence-corrected chi connectivity index (χ2v) is 8.46. The highest BCUT2D eigenvalue weighted by Crippen LogP contribution is 2.27. The minimum Gasteiger partial charge on any atom is -0.481 e. The Morgan fingerprint density at radius 3 is 2.84 bits per heavy atom. The van der Waals surface area contributed by atoms with Crippen LogP contribution in [0.15, 0.2) is 35.4 Å². The van der Waals surface area contributed by atoms with E-state index in [-0.39, 0.29) is 11.5 Å². The summed E-state index contributed by atoms with van der Waals surface area (Å²) in [7, 11) is 1.51. The number of nitrogens with one attached hydrogen (secondary N) is 1. The fourth-order valence-electron chi connectivity index (χ4n) is 3.52. The first kappa shape index (κ1) is 21.7. The Labute approximate surface area is 184 Å². The number of amides is 1. The van der Waals surface area contributed by atoms with E-state index in [1.54, 1.807) is 18.3 Å². The molecule has 0 bridgehead atoms. The lowest BCUT2D eigenvalue weighted by molar-refractivity contribution is 0.0497. The Balaban J connectivity index is 1.64. The molecule has 1 unspecified atom stereocenters. The summed E-state index contributed by atoms with van der Waals surface area (Å²) in [6.07, 6.45) is 2.38. The number of pyridine rings is 2. The van der Waals surface area contributed by atoms with Gasteiger partial charge in [-0.2, -0.15) is 4.98 Å². The average molecular weight is 439 g/mol. The molecule has 10 nitrogen and oxygen atoms in total. The zero-order chi connectivity index (χ0) is 22.9. The summed E-state index contributed by atoms with van der Waals surface area (Å²) in [6.45, 7) is 6.53. The number of aromatic nitrogens is 4. The van der Waals surface area contributed by atoms with Crippen LogP contribution in [0.25, 0.3) is 16.9 Å². The number of nitrogens with zero attached hydrogens (tertiary/aromatic N) is 4. The minimum absolute atomic E-state index is 0.135. The zero-order valence-electron chi connectivity index (χ0n) is 18.4. The molecule has 0 aromatic carbocycles. The van der Waals surface area contributed by atoms with Gasteiger partial charge in [0.1, 0.15) is 11.1 Å². The maximum atomic E-state index is 12.7. The van der Waals surface area contributed by atoms with Gasteiger partial charge in [0.15, 0.2) is 5.65 Å². The molecule has 3 aromatic rings. The number of carbonyl (C=O) groups is 1. The molecule has 3 aromatic heterocycles. The zero-order valence-corrected chi connectivity index (χ0v) is 18.4. The van der Waals surface area contributed by atoms with E-state index in [4.69, 9.17) is 14.2 Å². The van der Waals surface area contributed by atoms with E-state index < -0.39 is 11.7 Å². The van der Waals surface area contributed by atoms with Crippen LogP contribution in [-0.2, 0) is 16.1 Å². The van der Waals surface area contributed by atoms with Crippen molar-refractivity contribution < 1.29 is 19.0 Å². The predicted molar refractivity (Wildman–Crippen MR) is 116 cm³/mol. The molecule has 0 radical (unpaired) electrons. The van der Waals surface area contributed by atoms with Crippen LogP contribution < -0.4 is 15.6 Å². The average Bonchev–Trinajstić information content (AvgIpc) is 2.75. The molecular formula is C22H25N5O5.